The molecule has 2 fully saturated rings. The zero-order valence-corrected chi connectivity index (χ0v) is 12.0. The highest BCUT2D eigenvalue weighted by atomic mass is 16.5. The number of carbonyl (C=O) groups is 1. The van der Waals surface area contributed by atoms with Crippen molar-refractivity contribution >= 4 is 5.91 Å². The summed E-state index contributed by atoms with van der Waals surface area (Å²) in [5, 5.41) is 9.34. The van der Waals surface area contributed by atoms with Crippen molar-refractivity contribution in [2.24, 2.45) is 5.92 Å². The van der Waals surface area contributed by atoms with Crippen molar-refractivity contribution < 1.29 is 14.6 Å². The summed E-state index contributed by atoms with van der Waals surface area (Å²) in [4.78, 5) is 16.8. The van der Waals surface area contributed by atoms with Gasteiger partial charge in [-0.3, -0.25) is 4.79 Å². The lowest BCUT2D eigenvalue weighted by Gasteiger charge is -2.40. The Balaban J connectivity index is 1.89. The molecule has 2 saturated heterocycles. The van der Waals surface area contributed by atoms with Crippen molar-refractivity contribution in [3.05, 3.63) is 0 Å². The number of nitrogens with zero attached hydrogens (tertiary/aromatic N) is 2. The first-order valence-corrected chi connectivity index (χ1v) is 7.36. The Kier molecular flexibility index (Phi) is 5.19. The Hall–Kier alpha value is -0.650. The van der Waals surface area contributed by atoms with Gasteiger partial charge in [-0.05, 0) is 39.8 Å². The third-order valence-corrected chi connectivity index (χ3v) is 4.33. The Labute approximate surface area is 115 Å². The van der Waals surface area contributed by atoms with Crippen LogP contribution in [0.3, 0.4) is 0 Å². The number of aliphatic hydroxyl groups is 1. The molecule has 1 N–H and O–H groups in total. The summed E-state index contributed by atoms with van der Waals surface area (Å²) in [5.74, 6) is 0.341. The van der Waals surface area contributed by atoms with Gasteiger partial charge in [-0.25, -0.2) is 0 Å². The molecule has 0 bridgehead atoms. The van der Waals surface area contributed by atoms with E-state index in [9.17, 15) is 9.90 Å². The van der Waals surface area contributed by atoms with Crippen molar-refractivity contribution in [2.75, 3.05) is 39.5 Å². The normalized spacial score (nSPS) is 26.9. The maximum absolute atomic E-state index is 12.5. The fourth-order valence-corrected chi connectivity index (χ4v) is 2.99. The fourth-order valence-electron chi connectivity index (χ4n) is 2.99. The second kappa shape index (κ2) is 6.68. The van der Waals surface area contributed by atoms with Crippen molar-refractivity contribution in [1.82, 2.24) is 9.80 Å². The quantitative estimate of drug-likeness (QED) is 0.803. The van der Waals surface area contributed by atoms with E-state index in [1.807, 2.05) is 4.90 Å². The van der Waals surface area contributed by atoms with Gasteiger partial charge in [-0.1, -0.05) is 0 Å². The van der Waals surface area contributed by atoms with E-state index in [1.165, 1.54) is 0 Å². The molecule has 2 aliphatic rings. The third-order valence-electron chi connectivity index (χ3n) is 4.33. The summed E-state index contributed by atoms with van der Waals surface area (Å²) < 4.78 is 5.33. The van der Waals surface area contributed by atoms with Crippen molar-refractivity contribution in [3.8, 4) is 0 Å². The average molecular weight is 270 g/mol. The predicted molar refractivity (Wildman–Crippen MR) is 72.8 cm³/mol. The first kappa shape index (κ1) is 14.8. The zero-order chi connectivity index (χ0) is 13.8. The number of morpholine rings is 1. The van der Waals surface area contributed by atoms with Crippen LogP contribution in [-0.2, 0) is 9.53 Å². The van der Waals surface area contributed by atoms with Gasteiger partial charge in [0.15, 0.2) is 0 Å². The standard InChI is InChI=1S/C14H26N2O3/c1-11(2)15-5-3-12(4-6-15)14(18)16-7-8-19-10-13(16)9-17/h11-13,17H,3-10H2,1-2H3. The lowest BCUT2D eigenvalue weighted by Crippen LogP contribution is -2.53. The van der Waals surface area contributed by atoms with Gasteiger partial charge in [0, 0.05) is 18.5 Å². The molecule has 19 heavy (non-hydrogen) atoms. The van der Waals surface area contributed by atoms with Crippen LogP contribution in [0.4, 0.5) is 0 Å². The van der Waals surface area contributed by atoms with Crippen molar-refractivity contribution in [2.45, 2.75) is 38.8 Å². The summed E-state index contributed by atoms with van der Waals surface area (Å²) in [5.41, 5.74) is 0. The molecule has 2 aliphatic heterocycles. The highest BCUT2D eigenvalue weighted by Crippen LogP contribution is 2.22. The van der Waals surface area contributed by atoms with E-state index in [0.717, 1.165) is 25.9 Å². The van der Waals surface area contributed by atoms with Gasteiger partial charge in [0.05, 0.1) is 25.9 Å². The Morgan fingerprint density at radius 1 is 1.32 bits per heavy atom. The van der Waals surface area contributed by atoms with Gasteiger partial charge in [0.2, 0.25) is 5.91 Å². The van der Waals surface area contributed by atoms with Gasteiger partial charge in [0.1, 0.15) is 0 Å². The van der Waals surface area contributed by atoms with Crippen LogP contribution < -0.4 is 0 Å². The lowest BCUT2D eigenvalue weighted by atomic mass is 9.94. The molecule has 0 spiro atoms. The molecule has 5 nitrogen and oxygen atoms in total. The molecular formula is C14H26N2O3. The Morgan fingerprint density at radius 3 is 2.58 bits per heavy atom. The zero-order valence-electron chi connectivity index (χ0n) is 12.0. The monoisotopic (exact) mass is 270 g/mol. The van der Waals surface area contributed by atoms with Crippen LogP contribution in [0.2, 0.25) is 0 Å². The molecule has 0 aromatic carbocycles. The topological polar surface area (TPSA) is 53.0 Å². The van der Waals surface area contributed by atoms with E-state index in [4.69, 9.17) is 4.74 Å². The van der Waals surface area contributed by atoms with E-state index in [2.05, 4.69) is 18.7 Å². The molecule has 2 rings (SSSR count). The third kappa shape index (κ3) is 3.46. The average Bonchev–Trinajstić information content (AvgIpc) is 2.46. The van der Waals surface area contributed by atoms with E-state index in [-0.39, 0.29) is 24.5 Å². The molecule has 1 atom stereocenters. The number of rotatable bonds is 3. The van der Waals surface area contributed by atoms with Crippen molar-refractivity contribution in [1.29, 1.82) is 0 Å². The van der Waals surface area contributed by atoms with Gasteiger partial charge in [0.25, 0.3) is 0 Å². The van der Waals surface area contributed by atoms with Crippen LogP contribution in [0.15, 0.2) is 0 Å². The summed E-state index contributed by atoms with van der Waals surface area (Å²) >= 11 is 0. The van der Waals surface area contributed by atoms with Crippen molar-refractivity contribution in [3.63, 3.8) is 0 Å². The van der Waals surface area contributed by atoms with Gasteiger partial charge in [-0.2, -0.15) is 0 Å². The van der Waals surface area contributed by atoms with Crippen LogP contribution in [0.25, 0.3) is 0 Å². The fraction of sp³-hybridized carbons (Fsp3) is 0.929. The molecule has 0 aliphatic carbocycles. The Bertz CT molecular complexity index is 301. The summed E-state index contributed by atoms with van der Waals surface area (Å²) in [6.07, 6.45) is 1.87. The van der Waals surface area contributed by atoms with Crippen LogP contribution >= 0.6 is 0 Å². The molecule has 5 heteroatoms. The SMILES string of the molecule is CC(C)N1CCC(C(=O)N2CCOCC2CO)CC1. The summed E-state index contributed by atoms with van der Waals surface area (Å²) in [6.45, 7) is 8.08. The molecule has 0 radical (unpaired) electrons. The minimum Gasteiger partial charge on any atom is -0.394 e. The number of piperidine rings is 1. The molecule has 0 aromatic heterocycles. The lowest BCUT2D eigenvalue weighted by molar-refractivity contribution is -0.147. The first-order valence-electron chi connectivity index (χ1n) is 7.36. The first-order chi connectivity index (χ1) is 9.13. The molecule has 1 unspecified atom stereocenters. The van der Waals surface area contributed by atoms with E-state index in [0.29, 0.717) is 25.8 Å². The van der Waals surface area contributed by atoms with Gasteiger partial charge < -0.3 is 19.6 Å². The second-order valence-corrected chi connectivity index (χ2v) is 5.85. The van der Waals surface area contributed by atoms with E-state index >= 15 is 0 Å². The summed E-state index contributed by atoms with van der Waals surface area (Å²) in [7, 11) is 0. The predicted octanol–water partition coefficient (Wildman–Crippen LogP) is 0.327. The minimum absolute atomic E-state index is 0.00339. The largest absolute Gasteiger partial charge is 0.394 e. The number of hydrogen-bond acceptors (Lipinski definition) is 4. The maximum Gasteiger partial charge on any atom is 0.226 e. The van der Waals surface area contributed by atoms with Crippen LogP contribution in [0.5, 0.6) is 0 Å². The highest BCUT2D eigenvalue weighted by molar-refractivity contribution is 5.79. The van der Waals surface area contributed by atoms with E-state index < -0.39 is 0 Å². The smallest absolute Gasteiger partial charge is 0.226 e. The number of amides is 1. The van der Waals surface area contributed by atoms with Crippen LogP contribution in [0, 0.1) is 5.92 Å². The van der Waals surface area contributed by atoms with Crippen LogP contribution in [-0.4, -0.2) is 72.4 Å². The van der Waals surface area contributed by atoms with Gasteiger partial charge >= 0.3 is 0 Å². The molecular weight excluding hydrogens is 244 g/mol. The Morgan fingerprint density at radius 2 is 2.00 bits per heavy atom. The van der Waals surface area contributed by atoms with E-state index in [1.54, 1.807) is 0 Å². The molecule has 0 saturated carbocycles. The molecule has 1 amide bonds. The summed E-state index contributed by atoms with van der Waals surface area (Å²) in [6, 6.07) is 0.411. The van der Waals surface area contributed by atoms with Gasteiger partial charge in [-0.15, -0.1) is 0 Å². The van der Waals surface area contributed by atoms with Crippen LogP contribution in [0.1, 0.15) is 26.7 Å². The maximum atomic E-state index is 12.5. The highest BCUT2D eigenvalue weighted by Gasteiger charge is 2.33. The minimum atomic E-state index is -0.149. The number of hydrogen-bond donors (Lipinski definition) is 1. The number of likely N-dealkylation sites (tertiary alicyclic amines) is 1. The number of carbonyl (C=O) groups excluding carboxylic acids is 1. The number of ether oxygens (including phenoxy) is 1. The second-order valence-electron chi connectivity index (χ2n) is 5.85. The molecule has 0 aromatic rings. The number of aliphatic hydroxyl groups excluding tert-OH is 1. The molecule has 2 heterocycles. The molecule has 110 valence electrons.